The number of hydrogen-bond acceptors (Lipinski definition) is 2. The molecular weight excluding hydrogens is 350 g/mol. The van der Waals surface area contributed by atoms with E-state index in [0.717, 1.165) is 20.8 Å². The van der Waals surface area contributed by atoms with Crippen LogP contribution in [0.5, 0.6) is 0 Å². The van der Waals surface area contributed by atoms with Crippen LogP contribution in [0.3, 0.4) is 0 Å². The summed E-state index contributed by atoms with van der Waals surface area (Å²) in [6.07, 6.45) is 3.51. The summed E-state index contributed by atoms with van der Waals surface area (Å²) in [5.41, 5.74) is 0.265. The molecule has 2 aromatic carbocycles. The lowest BCUT2D eigenvalue weighted by atomic mass is 9.85. The first-order valence-electron chi connectivity index (χ1n) is 6.51. The van der Waals surface area contributed by atoms with E-state index < -0.39 is 5.60 Å². The van der Waals surface area contributed by atoms with Crippen molar-refractivity contribution in [3.05, 3.63) is 75.5 Å². The summed E-state index contributed by atoms with van der Waals surface area (Å²) in [4.78, 5) is 4.17. The van der Waals surface area contributed by atoms with Crippen LogP contribution >= 0.6 is 27.5 Å². The van der Waals surface area contributed by atoms with Crippen molar-refractivity contribution in [3.8, 4) is 0 Å². The van der Waals surface area contributed by atoms with Crippen LogP contribution in [0.4, 0.5) is 0 Å². The van der Waals surface area contributed by atoms with Gasteiger partial charge in [0.1, 0.15) is 5.60 Å². The molecular formula is C17H13BrClNO. The van der Waals surface area contributed by atoms with Gasteiger partial charge in [0.2, 0.25) is 0 Å². The molecule has 21 heavy (non-hydrogen) atoms. The van der Waals surface area contributed by atoms with Gasteiger partial charge in [-0.05, 0) is 36.1 Å². The van der Waals surface area contributed by atoms with E-state index in [9.17, 15) is 5.11 Å². The Morgan fingerprint density at radius 3 is 2.71 bits per heavy atom. The minimum atomic E-state index is -1.19. The molecule has 0 aliphatic carbocycles. The van der Waals surface area contributed by atoms with Gasteiger partial charge < -0.3 is 5.11 Å². The Balaban J connectivity index is 2.25. The third-order valence-electron chi connectivity index (χ3n) is 3.66. The summed E-state index contributed by atoms with van der Waals surface area (Å²) in [5, 5.41) is 13.6. The molecule has 0 aliphatic heterocycles. The van der Waals surface area contributed by atoms with Crippen LogP contribution in [0, 0.1) is 0 Å². The standard InChI is InChI=1S/C17H13BrClNO/c1-17(21,15-6-5-12(18)9-16(15)19)14-4-2-3-11-7-8-20-10-13(11)14/h2-10,21H,1H3. The molecule has 1 heterocycles. The maximum absolute atomic E-state index is 11.1. The van der Waals surface area contributed by atoms with Gasteiger partial charge in [-0.3, -0.25) is 4.98 Å². The summed E-state index contributed by atoms with van der Waals surface area (Å²) in [6.45, 7) is 1.75. The highest BCUT2D eigenvalue weighted by molar-refractivity contribution is 9.10. The highest BCUT2D eigenvalue weighted by Crippen LogP contribution is 2.38. The number of hydrogen-bond donors (Lipinski definition) is 1. The van der Waals surface area contributed by atoms with Crippen LogP contribution in [0.2, 0.25) is 5.02 Å². The first kappa shape index (κ1) is 14.5. The molecule has 1 atom stereocenters. The molecule has 0 radical (unpaired) electrons. The molecule has 3 rings (SSSR count). The number of pyridine rings is 1. The van der Waals surface area contributed by atoms with Crippen molar-refractivity contribution in [1.29, 1.82) is 0 Å². The zero-order valence-corrected chi connectivity index (χ0v) is 13.7. The van der Waals surface area contributed by atoms with E-state index in [-0.39, 0.29) is 0 Å². The van der Waals surface area contributed by atoms with Crippen LogP contribution in [-0.2, 0) is 5.60 Å². The predicted octanol–water partition coefficient (Wildman–Crippen LogP) is 4.91. The fourth-order valence-electron chi connectivity index (χ4n) is 2.57. The summed E-state index contributed by atoms with van der Waals surface area (Å²) < 4.78 is 0.881. The van der Waals surface area contributed by atoms with Crippen LogP contribution < -0.4 is 0 Å². The zero-order chi connectivity index (χ0) is 15.0. The Kier molecular flexibility index (Phi) is 3.74. The Morgan fingerprint density at radius 1 is 1.14 bits per heavy atom. The SMILES string of the molecule is CC(O)(c1ccc(Br)cc1Cl)c1cccc2ccncc12. The molecule has 0 amide bonds. The first-order valence-corrected chi connectivity index (χ1v) is 7.68. The molecule has 2 nitrogen and oxygen atoms in total. The smallest absolute Gasteiger partial charge is 0.114 e. The fourth-order valence-corrected chi connectivity index (χ4v) is 3.42. The summed E-state index contributed by atoms with van der Waals surface area (Å²) in [5.74, 6) is 0. The average Bonchev–Trinajstić information content (AvgIpc) is 2.46. The van der Waals surface area contributed by atoms with E-state index in [1.54, 1.807) is 25.4 Å². The van der Waals surface area contributed by atoms with Crippen molar-refractivity contribution in [2.45, 2.75) is 12.5 Å². The van der Waals surface area contributed by atoms with Gasteiger partial charge in [-0.2, -0.15) is 0 Å². The third-order valence-corrected chi connectivity index (χ3v) is 4.47. The maximum atomic E-state index is 11.1. The van der Waals surface area contributed by atoms with Crippen LogP contribution in [0.1, 0.15) is 18.1 Å². The number of benzene rings is 2. The molecule has 0 spiro atoms. The molecule has 0 bridgehead atoms. The minimum absolute atomic E-state index is 0.523. The summed E-state index contributed by atoms with van der Waals surface area (Å²) in [7, 11) is 0. The number of aliphatic hydroxyl groups is 1. The third kappa shape index (κ3) is 2.57. The van der Waals surface area contributed by atoms with Gasteiger partial charge in [-0.15, -0.1) is 0 Å². The van der Waals surface area contributed by atoms with E-state index in [1.165, 1.54) is 0 Å². The molecule has 106 valence electrons. The van der Waals surface area contributed by atoms with E-state index in [2.05, 4.69) is 20.9 Å². The highest BCUT2D eigenvalue weighted by atomic mass is 79.9. The second kappa shape index (κ2) is 5.41. The number of nitrogens with zero attached hydrogens (tertiary/aromatic N) is 1. The lowest BCUT2D eigenvalue weighted by Crippen LogP contribution is -2.23. The fraction of sp³-hybridized carbons (Fsp3) is 0.118. The number of aromatic nitrogens is 1. The largest absolute Gasteiger partial charge is 0.381 e. The van der Waals surface area contributed by atoms with Gasteiger partial charge in [0.25, 0.3) is 0 Å². The molecule has 1 aromatic heterocycles. The van der Waals surface area contributed by atoms with Gasteiger partial charge in [-0.25, -0.2) is 0 Å². The van der Waals surface area contributed by atoms with E-state index in [4.69, 9.17) is 11.6 Å². The second-order valence-corrected chi connectivity index (χ2v) is 6.42. The van der Waals surface area contributed by atoms with Crippen LogP contribution in [0.15, 0.2) is 59.3 Å². The number of rotatable bonds is 2. The van der Waals surface area contributed by atoms with Gasteiger partial charge in [0.05, 0.1) is 0 Å². The molecule has 0 saturated heterocycles. The van der Waals surface area contributed by atoms with Gasteiger partial charge in [0, 0.05) is 32.8 Å². The maximum Gasteiger partial charge on any atom is 0.114 e. The van der Waals surface area contributed by atoms with Crippen molar-refractivity contribution in [2.24, 2.45) is 0 Å². The highest BCUT2D eigenvalue weighted by Gasteiger charge is 2.29. The van der Waals surface area contributed by atoms with Gasteiger partial charge in [-0.1, -0.05) is 51.8 Å². The lowest BCUT2D eigenvalue weighted by molar-refractivity contribution is 0.104. The van der Waals surface area contributed by atoms with E-state index in [0.29, 0.717) is 10.6 Å². The Morgan fingerprint density at radius 2 is 1.95 bits per heavy atom. The van der Waals surface area contributed by atoms with E-state index >= 15 is 0 Å². The number of halogens is 2. The van der Waals surface area contributed by atoms with Crippen molar-refractivity contribution in [3.63, 3.8) is 0 Å². The molecule has 0 aliphatic rings. The monoisotopic (exact) mass is 361 g/mol. The topological polar surface area (TPSA) is 33.1 Å². The number of fused-ring (bicyclic) bond motifs is 1. The van der Waals surface area contributed by atoms with Crippen LogP contribution in [0.25, 0.3) is 10.8 Å². The minimum Gasteiger partial charge on any atom is -0.381 e. The quantitative estimate of drug-likeness (QED) is 0.703. The molecule has 3 aromatic rings. The van der Waals surface area contributed by atoms with Gasteiger partial charge >= 0.3 is 0 Å². The Hall–Kier alpha value is -1.42. The molecule has 1 unspecified atom stereocenters. The first-order chi connectivity index (χ1) is 10.00. The molecule has 1 N–H and O–H groups in total. The van der Waals surface area contributed by atoms with Crippen LogP contribution in [-0.4, -0.2) is 10.1 Å². The molecule has 0 saturated carbocycles. The molecule has 0 fully saturated rings. The average molecular weight is 363 g/mol. The van der Waals surface area contributed by atoms with Crippen molar-refractivity contribution < 1.29 is 5.11 Å². The molecule has 4 heteroatoms. The van der Waals surface area contributed by atoms with Crippen molar-refractivity contribution >= 4 is 38.3 Å². The Bertz CT molecular complexity index is 811. The van der Waals surface area contributed by atoms with Gasteiger partial charge in [0.15, 0.2) is 0 Å². The van der Waals surface area contributed by atoms with Crippen molar-refractivity contribution in [1.82, 2.24) is 4.98 Å². The summed E-state index contributed by atoms with van der Waals surface area (Å²) >= 11 is 9.69. The second-order valence-electron chi connectivity index (χ2n) is 5.10. The zero-order valence-electron chi connectivity index (χ0n) is 11.3. The van der Waals surface area contributed by atoms with E-state index in [1.807, 2.05) is 36.4 Å². The normalized spacial score (nSPS) is 14.1. The Labute approximate surface area is 136 Å². The predicted molar refractivity (Wildman–Crippen MR) is 89.6 cm³/mol. The lowest BCUT2D eigenvalue weighted by Gasteiger charge is -2.27. The van der Waals surface area contributed by atoms with Crippen molar-refractivity contribution in [2.75, 3.05) is 0 Å². The summed E-state index contributed by atoms with van der Waals surface area (Å²) in [6, 6.07) is 13.3.